The second-order valence-corrected chi connectivity index (χ2v) is 6.10. The summed E-state index contributed by atoms with van der Waals surface area (Å²) in [5, 5.41) is 4.24. The minimum Gasteiger partial charge on any atom is -0.383 e. The van der Waals surface area contributed by atoms with E-state index >= 15 is 0 Å². The van der Waals surface area contributed by atoms with Crippen molar-refractivity contribution < 1.29 is 0 Å². The molecule has 0 bridgehead atoms. The number of nitrogens with zero attached hydrogens (tertiary/aromatic N) is 1. The monoisotopic (exact) mass is 316 g/mol. The summed E-state index contributed by atoms with van der Waals surface area (Å²) in [6.45, 7) is 3.41. The summed E-state index contributed by atoms with van der Waals surface area (Å²) in [4.78, 5) is 2.40. The molecule has 1 aliphatic rings. The van der Waals surface area contributed by atoms with Gasteiger partial charge in [-0.05, 0) is 50.6 Å². The third-order valence-electron chi connectivity index (χ3n) is 3.23. The Kier molecular flexibility index (Phi) is 4.71. The van der Waals surface area contributed by atoms with E-state index in [1.54, 1.807) is 0 Å². The molecule has 0 spiro atoms. The van der Waals surface area contributed by atoms with E-state index in [2.05, 4.69) is 33.2 Å². The van der Waals surface area contributed by atoms with Gasteiger partial charge in [-0.15, -0.1) is 0 Å². The zero-order valence-electron chi connectivity index (χ0n) is 10.0. The molecule has 2 rings (SSSR count). The van der Waals surface area contributed by atoms with Gasteiger partial charge >= 0.3 is 0 Å². The van der Waals surface area contributed by atoms with Gasteiger partial charge in [-0.1, -0.05) is 27.5 Å². The van der Waals surface area contributed by atoms with Gasteiger partial charge in [0, 0.05) is 17.6 Å². The molecule has 1 saturated heterocycles. The van der Waals surface area contributed by atoms with Gasteiger partial charge in [0.25, 0.3) is 0 Å². The summed E-state index contributed by atoms with van der Waals surface area (Å²) >= 11 is 9.61. The lowest BCUT2D eigenvalue weighted by Crippen LogP contribution is -2.35. The number of piperidine rings is 1. The minimum absolute atomic E-state index is 0.726. The number of hydrogen-bond donors (Lipinski definition) is 1. The molecule has 0 radical (unpaired) electrons. The third kappa shape index (κ3) is 3.87. The Balaban J connectivity index is 1.90. The zero-order chi connectivity index (χ0) is 12.3. The molecule has 94 valence electrons. The molecule has 2 nitrogen and oxygen atoms in total. The predicted molar refractivity (Wildman–Crippen MR) is 77.9 cm³/mol. The van der Waals surface area contributed by atoms with E-state index in [1.807, 2.05) is 18.2 Å². The summed E-state index contributed by atoms with van der Waals surface area (Å²) < 4.78 is 1.06. The van der Waals surface area contributed by atoms with Crippen LogP contribution in [0.5, 0.6) is 0 Å². The molecule has 1 fully saturated rings. The Bertz CT molecular complexity index is 384. The lowest BCUT2D eigenvalue weighted by atomic mass is 9.98. The summed E-state index contributed by atoms with van der Waals surface area (Å²) in [5.74, 6) is 0.726. The van der Waals surface area contributed by atoms with E-state index in [0.29, 0.717) is 0 Å². The van der Waals surface area contributed by atoms with Gasteiger partial charge in [0.1, 0.15) is 0 Å². The van der Waals surface area contributed by atoms with E-state index in [9.17, 15) is 0 Å². The van der Waals surface area contributed by atoms with Crippen LogP contribution in [0.15, 0.2) is 22.7 Å². The smallest absolute Gasteiger partial charge is 0.0638 e. The van der Waals surface area contributed by atoms with Crippen LogP contribution in [-0.4, -0.2) is 31.6 Å². The van der Waals surface area contributed by atoms with E-state index < -0.39 is 0 Å². The number of likely N-dealkylation sites (tertiary alicyclic amines) is 1. The first-order chi connectivity index (χ1) is 8.15. The van der Waals surface area contributed by atoms with Crippen molar-refractivity contribution in [3.05, 3.63) is 27.7 Å². The lowest BCUT2D eigenvalue weighted by molar-refractivity contribution is 0.217. The number of rotatable bonds is 3. The van der Waals surface area contributed by atoms with Crippen molar-refractivity contribution in [3.8, 4) is 0 Å². The molecular formula is C13H18BrClN2. The number of benzene rings is 1. The van der Waals surface area contributed by atoms with Crippen LogP contribution >= 0.6 is 27.5 Å². The van der Waals surface area contributed by atoms with Crippen LogP contribution in [0.2, 0.25) is 5.02 Å². The maximum Gasteiger partial charge on any atom is 0.0638 e. The van der Waals surface area contributed by atoms with Crippen LogP contribution in [0.25, 0.3) is 0 Å². The van der Waals surface area contributed by atoms with Gasteiger partial charge in [-0.2, -0.15) is 0 Å². The fourth-order valence-electron chi connectivity index (χ4n) is 2.33. The maximum absolute atomic E-state index is 6.15. The number of anilines is 1. The first-order valence-corrected chi connectivity index (χ1v) is 7.19. The molecule has 1 aliphatic heterocycles. The molecule has 1 N–H and O–H groups in total. The molecule has 1 heterocycles. The van der Waals surface area contributed by atoms with Crippen molar-refractivity contribution in [3.63, 3.8) is 0 Å². The van der Waals surface area contributed by atoms with Gasteiger partial charge in [0.15, 0.2) is 0 Å². The number of hydrogen-bond acceptors (Lipinski definition) is 2. The molecule has 0 saturated carbocycles. The minimum atomic E-state index is 0.726. The zero-order valence-corrected chi connectivity index (χ0v) is 12.4. The quantitative estimate of drug-likeness (QED) is 0.911. The summed E-state index contributed by atoms with van der Waals surface area (Å²) in [6.07, 6.45) is 2.61. The standard InChI is InChI=1S/C13H18BrClN2/c1-17-6-2-3-10(9-17)8-16-13-7-11(14)4-5-12(13)15/h4-5,7,10,16H,2-3,6,8-9H2,1H3. The summed E-state index contributed by atoms with van der Waals surface area (Å²) in [7, 11) is 2.19. The lowest BCUT2D eigenvalue weighted by Gasteiger charge is -2.30. The van der Waals surface area contributed by atoms with Crippen molar-refractivity contribution >= 4 is 33.2 Å². The molecule has 0 aliphatic carbocycles. The highest BCUT2D eigenvalue weighted by atomic mass is 79.9. The highest BCUT2D eigenvalue weighted by Crippen LogP contribution is 2.26. The summed E-state index contributed by atoms with van der Waals surface area (Å²) in [6, 6.07) is 5.91. The topological polar surface area (TPSA) is 15.3 Å². The Morgan fingerprint density at radius 1 is 1.53 bits per heavy atom. The van der Waals surface area contributed by atoms with Crippen LogP contribution in [0.1, 0.15) is 12.8 Å². The second kappa shape index (κ2) is 6.07. The third-order valence-corrected chi connectivity index (χ3v) is 4.05. The number of halogens is 2. The molecule has 1 unspecified atom stereocenters. The van der Waals surface area contributed by atoms with Gasteiger partial charge in [0.2, 0.25) is 0 Å². The Morgan fingerprint density at radius 2 is 2.35 bits per heavy atom. The Morgan fingerprint density at radius 3 is 3.12 bits per heavy atom. The maximum atomic E-state index is 6.15. The number of nitrogens with one attached hydrogen (secondary N) is 1. The van der Waals surface area contributed by atoms with Crippen LogP contribution in [-0.2, 0) is 0 Å². The first kappa shape index (κ1) is 13.2. The molecule has 4 heteroatoms. The fraction of sp³-hybridized carbons (Fsp3) is 0.538. The van der Waals surface area contributed by atoms with E-state index in [-0.39, 0.29) is 0 Å². The highest BCUT2D eigenvalue weighted by molar-refractivity contribution is 9.10. The average molecular weight is 318 g/mol. The summed E-state index contributed by atoms with van der Waals surface area (Å²) in [5.41, 5.74) is 1.02. The fourth-order valence-corrected chi connectivity index (χ4v) is 2.87. The molecule has 0 amide bonds. The molecule has 1 aromatic carbocycles. The molecule has 0 aromatic heterocycles. The van der Waals surface area contributed by atoms with Gasteiger partial charge < -0.3 is 10.2 Å². The van der Waals surface area contributed by atoms with Crippen LogP contribution < -0.4 is 5.32 Å². The molecular weight excluding hydrogens is 300 g/mol. The molecule has 17 heavy (non-hydrogen) atoms. The van der Waals surface area contributed by atoms with Crippen LogP contribution in [0, 0.1) is 5.92 Å². The first-order valence-electron chi connectivity index (χ1n) is 6.02. The second-order valence-electron chi connectivity index (χ2n) is 4.78. The highest BCUT2D eigenvalue weighted by Gasteiger charge is 2.16. The van der Waals surface area contributed by atoms with Gasteiger partial charge in [0.05, 0.1) is 10.7 Å². The van der Waals surface area contributed by atoms with Crippen molar-refractivity contribution in [2.24, 2.45) is 5.92 Å². The van der Waals surface area contributed by atoms with Crippen molar-refractivity contribution in [2.75, 3.05) is 32.0 Å². The average Bonchev–Trinajstić information content (AvgIpc) is 2.30. The van der Waals surface area contributed by atoms with Crippen molar-refractivity contribution in [1.29, 1.82) is 0 Å². The normalized spacial score (nSPS) is 21.5. The SMILES string of the molecule is CN1CCCC(CNc2cc(Br)ccc2Cl)C1. The van der Waals surface area contributed by atoms with E-state index in [1.165, 1.54) is 25.9 Å². The predicted octanol–water partition coefficient (Wildman–Crippen LogP) is 3.86. The Hall–Kier alpha value is -0.250. The van der Waals surface area contributed by atoms with Gasteiger partial charge in [-0.3, -0.25) is 0 Å². The van der Waals surface area contributed by atoms with Crippen molar-refractivity contribution in [1.82, 2.24) is 4.90 Å². The molecule has 1 atom stereocenters. The van der Waals surface area contributed by atoms with E-state index in [0.717, 1.165) is 27.6 Å². The van der Waals surface area contributed by atoms with Gasteiger partial charge in [-0.25, -0.2) is 0 Å². The van der Waals surface area contributed by atoms with Crippen LogP contribution in [0.4, 0.5) is 5.69 Å². The molecule has 1 aromatic rings. The Labute approximate surface area is 116 Å². The van der Waals surface area contributed by atoms with Crippen molar-refractivity contribution in [2.45, 2.75) is 12.8 Å². The van der Waals surface area contributed by atoms with Crippen LogP contribution in [0.3, 0.4) is 0 Å². The van der Waals surface area contributed by atoms with E-state index in [4.69, 9.17) is 11.6 Å². The largest absolute Gasteiger partial charge is 0.383 e.